The van der Waals surface area contributed by atoms with Gasteiger partial charge in [0.15, 0.2) is 17.5 Å². The first-order chi connectivity index (χ1) is 41.1. The fraction of sp³-hybridized carbons (Fsp3) is 0.0759. The van der Waals surface area contributed by atoms with Crippen molar-refractivity contribution in [3.05, 3.63) is 326 Å². The van der Waals surface area contributed by atoms with E-state index in [2.05, 4.69) is 322 Å². The summed E-state index contributed by atoms with van der Waals surface area (Å²) >= 11 is 0. The molecule has 13 rings (SSSR count). The number of nitrogens with zero attached hydrogens (tertiary/aromatic N) is 4. The van der Waals surface area contributed by atoms with Crippen LogP contribution in [0.15, 0.2) is 309 Å². The summed E-state index contributed by atoms with van der Waals surface area (Å²) in [5, 5.41) is 2.37. The minimum absolute atomic E-state index is 0.0809. The van der Waals surface area contributed by atoms with Crippen molar-refractivity contribution in [3.8, 4) is 67.0 Å². The molecule has 398 valence electrons. The van der Waals surface area contributed by atoms with E-state index in [0.717, 1.165) is 85.1 Å². The summed E-state index contributed by atoms with van der Waals surface area (Å²) in [5.41, 5.74) is 20.2. The Morgan fingerprint density at radius 1 is 0.482 bits per heavy atom. The van der Waals surface area contributed by atoms with E-state index in [0.29, 0.717) is 17.5 Å². The molecule has 2 aliphatic carbocycles. The number of hydrogen-bond donors (Lipinski definition) is 0. The maximum Gasteiger partial charge on any atom is 0.164 e. The van der Waals surface area contributed by atoms with Crippen LogP contribution in [0, 0.1) is 5.92 Å². The van der Waals surface area contributed by atoms with Gasteiger partial charge in [-0.2, -0.15) is 0 Å². The molecule has 4 heteroatoms. The van der Waals surface area contributed by atoms with Gasteiger partial charge in [0.05, 0.1) is 17.1 Å². The molecule has 0 bridgehead atoms. The predicted octanol–water partition coefficient (Wildman–Crippen LogP) is 20.7. The molecule has 0 radical (unpaired) electrons. The standard InChI is InChI=1S/C79H62N4/c1-3-27-65(45-44-55-28-23-24-29-55)78-80-77(81-79(82-78)66-48-46-58(47-49-66)57-30-11-5-12-31-57)56(4-2)54-71(61-36-17-8-18-37-61)74(64-42-25-26-43-64)83-75-69(52-50-67(59-32-13-6-14-33-59)72(75)62-38-19-9-20-39-62)70-53-51-68(60-34-15-7-16-35-60)73(76(70)83)63-40-21-10-22-41-63/h3-28,30-43,45-54,64,74H,29,44H2,1-2H3/b27-3-,56-4+,65-45+,71-54-/t74-/m1/s1. The van der Waals surface area contributed by atoms with Crippen molar-refractivity contribution in [2.45, 2.75) is 32.7 Å². The van der Waals surface area contributed by atoms with Crippen molar-refractivity contribution < 1.29 is 0 Å². The molecule has 2 aliphatic rings. The third-order valence-corrected chi connectivity index (χ3v) is 16.1. The summed E-state index contributed by atoms with van der Waals surface area (Å²) in [6.45, 7) is 4.17. The lowest BCUT2D eigenvalue weighted by Gasteiger charge is -2.31. The lowest BCUT2D eigenvalue weighted by molar-refractivity contribution is 0.577. The normalized spacial score (nSPS) is 14.1. The zero-order chi connectivity index (χ0) is 55.9. The van der Waals surface area contributed by atoms with Crippen LogP contribution in [0.2, 0.25) is 0 Å². The van der Waals surface area contributed by atoms with Gasteiger partial charge in [0.25, 0.3) is 0 Å². The first-order valence-electron chi connectivity index (χ1n) is 28.9. The van der Waals surface area contributed by atoms with E-state index >= 15 is 0 Å². The number of benzene rings is 9. The first-order valence-corrected chi connectivity index (χ1v) is 28.9. The van der Waals surface area contributed by atoms with Gasteiger partial charge >= 0.3 is 0 Å². The van der Waals surface area contributed by atoms with Crippen LogP contribution in [-0.4, -0.2) is 19.5 Å². The highest BCUT2D eigenvalue weighted by atomic mass is 15.0. The van der Waals surface area contributed by atoms with Gasteiger partial charge in [-0.3, -0.25) is 0 Å². The topological polar surface area (TPSA) is 43.6 Å². The Bertz CT molecular complexity index is 4240. The van der Waals surface area contributed by atoms with E-state index < -0.39 is 0 Å². The molecule has 4 nitrogen and oxygen atoms in total. The number of rotatable bonds is 16. The summed E-state index contributed by atoms with van der Waals surface area (Å²) < 4.78 is 2.73. The quantitative estimate of drug-likeness (QED) is 0.0906. The molecule has 0 spiro atoms. The summed E-state index contributed by atoms with van der Waals surface area (Å²) in [6, 6.07) is 83.0. The minimum Gasteiger partial charge on any atom is -0.331 e. The number of hydrogen-bond acceptors (Lipinski definition) is 3. The van der Waals surface area contributed by atoms with Crippen LogP contribution in [0.25, 0.3) is 106 Å². The molecule has 2 heterocycles. The molecular formula is C79H62N4. The van der Waals surface area contributed by atoms with E-state index in [9.17, 15) is 0 Å². The second-order valence-corrected chi connectivity index (χ2v) is 21.2. The highest BCUT2D eigenvalue weighted by molar-refractivity contribution is 6.20. The Balaban J connectivity index is 1.12. The van der Waals surface area contributed by atoms with Crippen molar-refractivity contribution in [3.63, 3.8) is 0 Å². The first kappa shape index (κ1) is 52.1. The van der Waals surface area contributed by atoms with Gasteiger partial charge in [-0.1, -0.05) is 303 Å². The largest absolute Gasteiger partial charge is 0.331 e. The van der Waals surface area contributed by atoms with Crippen LogP contribution in [0.4, 0.5) is 0 Å². The average molecular weight is 1070 g/mol. The molecule has 0 amide bonds. The smallest absolute Gasteiger partial charge is 0.164 e. The third kappa shape index (κ3) is 10.6. The van der Waals surface area contributed by atoms with E-state index in [1.165, 1.54) is 38.6 Å². The maximum atomic E-state index is 5.50. The van der Waals surface area contributed by atoms with E-state index in [1.807, 2.05) is 0 Å². The van der Waals surface area contributed by atoms with Crippen molar-refractivity contribution in [2.75, 3.05) is 0 Å². The molecule has 83 heavy (non-hydrogen) atoms. The molecule has 9 aromatic carbocycles. The second kappa shape index (κ2) is 23.8. The molecule has 0 N–H and O–H groups in total. The summed E-state index contributed by atoms with van der Waals surface area (Å²) in [7, 11) is 0. The van der Waals surface area contributed by atoms with Gasteiger partial charge < -0.3 is 4.57 Å². The van der Waals surface area contributed by atoms with E-state index in [-0.39, 0.29) is 12.0 Å². The molecule has 0 unspecified atom stereocenters. The van der Waals surface area contributed by atoms with Gasteiger partial charge in [0.1, 0.15) is 0 Å². The minimum atomic E-state index is -0.317. The highest BCUT2D eigenvalue weighted by Crippen LogP contribution is 2.52. The van der Waals surface area contributed by atoms with Gasteiger partial charge in [0.2, 0.25) is 0 Å². The summed E-state index contributed by atoms with van der Waals surface area (Å²) in [4.78, 5) is 16.3. The monoisotopic (exact) mass is 1070 g/mol. The van der Waals surface area contributed by atoms with Crippen LogP contribution in [0.3, 0.4) is 0 Å². The van der Waals surface area contributed by atoms with E-state index in [4.69, 9.17) is 15.0 Å². The molecule has 0 aliphatic heterocycles. The summed E-state index contributed by atoms with van der Waals surface area (Å²) in [5.74, 6) is 1.75. The predicted molar refractivity (Wildman–Crippen MR) is 350 cm³/mol. The van der Waals surface area contributed by atoms with Crippen LogP contribution < -0.4 is 0 Å². The zero-order valence-electron chi connectivity index (χ0n) is 46.7. The molecule has 0 fully saturated rings. The fourth-order valence-corrected chi connectivity index (χ4v) is 12.1. The fourth-order valence-electron chi connectivity index (χ4n) is 12.1. The lowest BCUT2D eigenvalue weighted by atomic mass is 9.86. The highest BCUT2D eigenvalue weighted by Gasteiger charge is 2.33. The van der Waals surface area contributed by atoms with Gasteiger partial charge in [-0.15, -0.1) is 0 Å². The SMILES string of the molecule is C/C=C\C(=C/CC1=CC=CC1)c1nc(C(/C=C(/c2ccccc2)[C@@H](C2C=CC=C2)n2c3c(-c4ccccc4)c(-c4ccccc4)ccc3c3ccc(-c4ccccc4)c(-c4ccccc4)c32)=C/C)nc(-c2ccc(-c3ccccc3)cc2)n1. The average Bonchev–Trinajstić information content (AvgIpc) is 2.75. The van der Waals surface area contributed by atoms with Crippen LogP contribution in [0.1, 0.15) is 49.9 Å². The van der Waals surface area contributed by atoms with Crippen molar-refractivity contribution in [1.29, 1.82) is 0 Å². The van der Waals surface area contributed by atoms with Crippen LogP contribution in [-0.2, 0) is 0 Å². The Hall–Kier alpha value is -10.3. The Kier molecular flexibility index (Phi) is 14.9. The molecule has 2 aromatic heterocycles. The number of fused-ring (bicyclic) bond motifs is 3. The van der Waals surface area contributed by atoms with Gasteiger partial charge in [-0.05, 0) is 88.4 Å². The number of allylic oxidation sites excluding steroid dienone is 16. The molecule has 1 atom stereocenters. The third-order valence-electron chi connectivity index (χ3n) is 16.1. The Morgan fingerprint density at radius 3 is 1.45 bits per heavy atom. The Labute approximate surface area is 487 Å². The van der Waals surface area contributed by atoms with Crippen LogP contribution >= 0.6 is 0 Å². The number of aromatic nitrogens is 4. The van der Waals surface area contributed by atoms with E-state index in [1.54, 1.807) is 0 Å². The second-order valence-electron chi connectivity index (χ2n) is 21.2. The maximum absolute atomic E-state index is 5.50. The molecule has 0 saturated heterocycles. The van der Waals surface area contributed by atoms with Crippen molar-refractivity contribution >= 4 is 38.5 Å². The van der Waals surface area contributed by atoms with Crippen LogP contribution in [0.5, 0.6) is 0 Å². The van der Waals surface area contributed by atoms with Gasteiger partial charge in [0, 0.05) is 44.5 Å². The molecule has 0 saturated carbocycles. The lowest BCUT2D eigenvalue weighted by Crippen LogP contribution is -2.19. The zero-order valence-corrected chi connectivity index (χ0v) is 46.7. The summed E-state index contributed by atoms with van der Waals surface area (Å²) in [6.07, 6.45) is 28.5. The Morgan fingerprint density at radius 2 is 0.952 bits per heavy atom. The van der Waals surface area contributed by atoms with Gasteiger partial charge in [-0.25, -0.2) is 15.0 Å². The molecular weight excluding hydrogens is 1000 g/mol. The van der Waals surface area contributed by atoms with Crippen molar-refractivity contribution in [1.82, 2.24) is 19.5 Å². The molecule has 11 aromatic rings. The van der Waals surface area contributed by atoms with Crippen molar-refractivity contribution in [2.24, 2.45) is 5.92 Å².